The smallest absolute Gasteiger partial charge is 0.337 e. The third-order valence-corrected chi connectivity index (χ3v) is 4.62. The molecule has 0 saturated heterocycles. The molecule has 0 aliphatic rings. The summed E-state index contributed by atoms with van der Waals surface area (Å²) < 4.78 is 37.3. The van der Waals surface area contributed by atoms with Crippen molar-refractivity contribution >= 4 is 16.0 Å². The molecular weight excluding hydrogens is 306 g/mol. The third kappa shape index (κ3) is 3.55. The summed E-state index contributed by atoms with van der Waals surface area (Å²) in [5.74, 6) is 0.630. The fraction of sp³-hybridized carbons (Fsp3) is 0.267. The molecule has 6 nitrogen and oxygen atoms in total. The van der Waals surface area contributed by atoms with E-state index in [0.717, 1.165) is 0 Å². The lowest BCUT2D eigenvalue weighted by atomic mass is 10.2. The number of carbonyl (C=O) groups excluding carboxylic acids is 1. The molecule has 0 spiro atoms. The summed E-state index contributed by atoms with van der Waals surface area (Å²) in [4.78, 5) is 11.5. The van der Waals surface area contributed by atoms with Gasteiger partial charge in [-0.1, -0.05) is 6.07 Å². The van der Waals surface area contributed by atoms with Crippen LogP contribution in [-0.4, -0.2) is 21.5 Å². The second kappa shape index (κ2) is 6.33. The zero-order valence-corrected chi connectivity index (χ0v) is 13.3. The van der Waals surface area contributed by atoms with Gasteiger partial charge in [-0.3, -0.25) is 0 Å². The maximum absolute atomic E-state index is 12.4. The summed E-state index contributed by atoms with van der Waals surface area (Å²) in [5, 5.41) is 0. The first-order chi connectivity index (χ1) is 10.3. The number of methoxy groups -OCH3 is 1. The number of nitrogens with one attached hydrogen (secondary N) is 1. The van der Waals surface area contributed by atoms with E-state index in [1.165, 1.54) is 31.4 Å². The Labute approximate surface area is 129 Å². The van der Waals surface area contributed by atoms with Crippen LogP contribution in [0.15, 0.2) is 45.7 Å². The summed E-state index contributed by atoms with van der Waals surface area (Å²) >= 11 is 0. The minimum absolute atomic E-state index is 0.00877. The fourth-order valence-electron chi connectivity index (χ4n) is 1.95. The van der Waals surface area contributed by atoms with E-state index >= 15 is 0 Å². The van der Waals surface area contributed by atoms with Gasteiger partial charge in [0.15, 0.2) is 0 Å². The summed E-state index contributed by atoms with van der Waals surface area (Å²) in [7, 11) is -2.54. The first kappa shape index (κ1) is 16.3. The van der Waals surface area contributed by atoms with E-state index < -0.39 is 22.0 Å². The zero-order valence-electron chi connectivity index (χ0n) is 12.5. The highest BCUT2D eigenvalue weighted by Gasteiger charge is 2.21. The number of ether oxygens (including phenoxy) is 1. The number of benzene rings is 1. The highest BCUT2D eigenvalue weighted by molar-refractivity contribution is 7.89. The number of furan rings is 1. The molecule has 1 unspecified atom stereocenters. The van der Waals surface area contributed by atoms with Gasteiger partial charge in [-0.05, 0) is 44.2 Å². The van der Waals surface area contributed by atoms with E-state index in [1.807, 2.05) is 0 Å². The van der Waals surface area contributed by atoms with Crippen molar-refractivity contribution in [1.29, 1.82) is 0 Å². The van der Waals surface area contributed by atoms with Crippen molar-refractivity contribution in [3.63, 3.8) is 0 Å². The van der Waals surface area contributed by atoms with E-state index in [9.17, 15) is 13.2 Å². The van der Waals surface area contributed by atoms with Crippen molar-refractivity contribution in [3.8, 4) is 0 Å². The van der Waals surface area contributed by atoms with E-state index in [-0.39, 0.29) is 10.5 Å². The molecule has 0 aliphatic carbocycles. The van der Waals surface area contributed by atoms with E-state index in [2.05, 4.69) is 9.46 Å². The van der Waals surface area contributed by atoms with Crippen LogP contribution in [0.5, 0.6) is 0 Å². The molecule has 1 heterocycles. The first-order valence-corrected chi connectivity index (χ1v) is 8.09. The Kier molecular flexibility index (Phi) is 4.68. The van der Waals surface area contributed by atoms with Crippen LogP contribution in [-0.2, 0) is 14.8 Å². The fourth-order valence-corrected chi connectivity index (χ4v) is 3.21. The predicted octanol–water partition coefficient (Wildman–Crippen LogP) is 2.41. The molecular formula is C15H17NO5S. The predicted molar refractivity (Wildman–Crippen MR) is 80.0 cm³/mol. The summed E-state index contributed by atoms with van der Waals surface area (Å²) in [5.41, 5.74) is 0.173. The van der Waals surface area contributed by atoms with Crippen LogP contribution in [0.2, 0.25) is 0 Å². The van der Waals surface area contributed by atoms with Crippen molar-refractivity contribution in [2.75, 3.05) is 7.11 Å². The summed E-state index contributed by atoms with van der Waals surface area (Å²) in [6.07, 6.45) is 0. The number of aryl methyl sites for hydroxylation is 1. The molecule has 1 aromatic carbocycles. The Balaban J connectivity index is 2.25. The Morgan fingerprint density at radius 2 is 2.00 bits per heavy atom. The normalized spacial score (nSPS) is 12.9. The molecule has 22 heavy (non-hydrogen) atoms. The van der Waals surface area contributed by atoms with Gasteiger partial charge in [0.1, 0.15) is 11.5 Å². The molecule has 0 aliphatic heterocycles. The molecule has 118 valence electrons. The van der Waals surface area contributed by atoms with Crippen LogP contribution < -0.4 is 4.72 Å². The lowest BCUT2D eigenvalue weighted by Gasteiger charge is -2.12. The maximum atomic E-state index is 12.4. The first-order valence-electron chi connectivity index (χ1n) is 6.60. The molecule has 2 rings (SSSR count). The number of hydrogen-bond acceptors (Lipinski definition) is 5. The van der Waals surface area contributed by atoms with Gasteiger partial charge in [-0.2, -0.15) is 0 Å². The number of esters is 1. The van der Waals surface area contributed by atoms with Gasteiger partial charge in [0.25, 0.3) is 0 Å². The van der Waals surface area contributed by atoms with E-state index in [4.69, 9.17) is 4.42 Å². The highest BCUT2D eigenvalue weighted by Crippen LogP contribution is 2.19. The van der Waals surface area contributed by atoms with Crippen LogP contribution >= 0.6 is 0 Å². The Morgan fingerprint density at radius 3 is 2.59 bits per heavy atom. The molecule has 2 aromatic rings. The standard InChI is InChI=1S/C15H17NO5S/c1-10-7-8-14(21-10)11(2)16-22(18,19)13-6-4-5-12(9-13)15(17)20-3/h4-9,11,16H,1-3H3. The molecule has 0 bridgehead atoms. The van der Waals surface area contributed by atoms with E-state index in [0.29, 0.717) is 11.5 Å². The Hall–Kier alpha value is -2.12. The lowest BCUT2D eigenvalue weighted by Crippen LogP contribution is -2.26. The van der Waals surface area contributed by atoms with Gasteiger partial charge in [0, 0.05) is 0 Å². The average molecular weight is 323 g/mol. The minimum atomic E-state index is -3.78. The van der Waals surface area contributed by atoms with Crippen molar-refractivity contribution in [2.45, 2.75) is 24.8 Å². The number of rotatable bonds is 5. The molecule has 1 aromatic heterocycles. The van der Waals surface area contributed by atoms with Crippen molar-refractivity contribution < 1.29 is 22.4 Å². The molecule has 0 amide bonds. The van der Waals surface area contributed by atoms with Crippen LogP contribution in [0.1, 0.15) is 34.8 Å². The van der Waals surface area contributed by atoms with Crippen molar-refractivity contribution in [2.24, 2.45) is 0 Å². The van der Waals surface area contributed by atoms with Crippen LogP contribution in [0.4, 0.5) is 0 Å². The molecule has 0 fully saturated rings. The highest BCUT2D eigenvalue weighted by atomic mass is 32.2. The van der Waals surface area contributed by atoms with Gasteiger partial charge < -0.3 is 9.15 Å². The average Bonchev–Trinajstić information content (AvgIpc) is 2.93. The second-order valence-corrected chi connectivity index (χ2v) is 6.52. The summed E-state index contributed by atoms with van der Waals surface area (Å²) in [6.45, 7) is 3.46. The molecule has 0 radical (unpaired) electrons. The van der Waals surface area contributed by atoms with Crippen molar-refractivity contribution in [1.82, 2.24) is 4.72 Å². The van der Waals surface area contributed by atoms with Crippen LogP contribution in [0, 0.1) is 6.92 Å². The van der Waals surface area contributed by atoms with Gasteiger partial charge >= 0.3 is 5.97 Å². The number of sulfonamides is 1. The van der Waals surface area contributed by atoms with Crippen molar-refractivity contribution in [3.05, 3.63) is 53.5 Å². The maximum Gasteiger partial charge on any atom is 0.337 e. The summed E-state index contributed by atoms with van der Waals surface area (Å²) in [6, 6.07) is 8.61. The molecule has 0 saturated carbocycles. The molecule has 7 heteroatoms. The minimum Gasteiger partial charge on any atom is -0.465 e. The quantitative estimate of drug-likeness (QED) is 0.854. The largest absolute Gasteiger partial charge is 0.465 e. The SMILES string of the molecule is COC(=O)c1cccc(S(=O)(=O)NC(C)c2ccc(C)o2)c1. The number of hydrogen-bond donors (Lipinski definition) is 1. The second-order valence-electron chi connectivity index (χ2n) is 4.81. The molecule has 1 N–H and O–H groups in total. The molecule has 1 atom stereocenters. The van der Waals surface area contributed by atoms with Gasteiger partial charge in [0.05, 0.1) is 23.6 Å². The van der Waals surface area contributed by atoms with Gasteiger partial charge in [0.2, 0.25) is 10.0 Å². The van der Waals surface area contributed by atoms with Gasteiger partial charge in [-0.25, -0.2) is 17.9 Å². The monoisotopic (exact) mass is 323 g/mol. The topological polar surface area (TPSA) is 85.6 Å². The Morgan fingerprint density at radius 1 is 1.27 bits per heavy atom. The van der Waals surface area contributed by atoms with Gasteiger partial charge in [-0.15, -0.1) is 0 Å². The van der Waals surface area contributed by atoms with Crippen LogP contribution in [0.25, 0.3) is 0 Å². The Bertz CT molecular complexity index is 779. The van der Waals surface area contributed by atoms with Crippen LogP contribution in [0.3, 0.4) is 0 Å². The lowest BCUT2D eigenvalue weighted by molar-refractivity contribution is 0.0600. The third-order valence-electron chi connectivity index (χ3n) is 3.09. The van der Waals surface area contributed by atoms with E-state index in [1.54, 1.807) is 26.0 Å². The number of carbonyl (C=O) groups is 1. The zero-order chi connectivity index (χ0) is 16.3.